The molecule has 0 radical (unpaired) electrons. The SMILES string of the molecule is Cc1nc(Cl)c2c(n1)[C@@]1(c3ccc(F)cc3)CCC(=O)[C@@H](C)[C@@H]1CC2. The summed E-state index contributed by atoms with van der Waals surface area (Å²) >= 11 is 6.44. The molecule has 1 aromatic heterocycles. The fourth-order valence-corrected chi connectivity index (χ4v) is 5.18. The summed E-state index contributed by atoms with van der Waals surface area (Å²) in [5.41, 5.74) is 2.54. The smallest absolute Gasteiger partial charge is 0.136 e. The molecule has 0 bridgehead atoms. The van der Waals surface area contributed by atoms with Crippen LogP contribution in [0.2, 0.25) is 5.15 Å². The Hall–Kier alpha value is -1.81. The molecule has 0 amide bonds. The minimum atomic E-state index is -0.397. The lowest BCUT2D eigenvalue weighted by atomic mass is 9.53. The van der Waals surface area contributed by atoms with Gasteiger partial charge in [0.1, 0.15) is 22.6 Å². The van der Waals surface area contributed by atoms with E-state index in [0.29, 0.717) is 29.6 Å². The number of ketones is 1. The topological polar surface area (TPSA) is 42.9 Å². The van der Waals surface area contributed by atoms with Gasteiger partial charge in [0.15, 0.2) is 0 Å². The molecular formula is C20H20ClFN2O. The van der Waals surface area contributed by atoms with Gasteiger partial charge in [0.05, 0.1) is 5.69 Å². The number of aryl methyl sites for hydroxylation is 1. The number of fused-ring (bicyclic) bond motifs is 3. The molecule has 1 heterocycles. The Labute approximate surface area is 151 Å². The molecule has 5 heteroatoms. The molecule has 2 aliphatic carbocycles. The molecule has 0 aliphatic heterocycles. The summed E-state index contributed by atoms with van der Waals surface area (Å²) in [5.74, 6) is 0.793. The van der Waals surface area contributed by atoms with Gasteiger partial charge in [-0.3, -0.25) is 4.79 Å². The molecule has 2 aromatic rings. The van der Waals surface area contributed by atoms with Gasteiger partial charge in [-0.05, 0) is 49.8 Å². The minimum Gasteiger partial charge on any atom is -0.299 e. The maximum Gasteiger partial charge on any atom is 0.136 e. The van der Waals surface area contributed by atoms with Gasteiger partial charge >= 0.3 is 0 Å². The van der Waals surface area contributed by atoms with Crippen molar-refractivity contribution in [3.63, 3.8) is 0 Å². The van der Waals surface area contributed by atoms with E-state index >= 15 is 0 Å². The van der Waals surface area contributed by atoms with Crippen molar-refractivity contribution in [3.8, 4) is 0 Å². The van der Waals surface area contributed by atoms with Crippen molar-refractivity contribution >= 4 is 17.4 Å². The fourth-order valence-electron chi connectivity index (χ4n) is 4.87. The van der Waals surface area contributed by atoms with Gasteiger partial charge < -0.3 is 0 Å². The summed E-state index contributed by atoms with van der Waals surface area (Å²) in [4.78, 5) is 21.5. The first-order chi connectivity index (χ1) is 11.9. The van der Waals surface area contributed by atoms with Crippen LogP contribution in [0, 0.1) is 24.6 Å². The van der Waals surface area contributed by atoms with E-state index in [0.717, 1.165) is 29.7 Å². The summed E-state index contributed by atoms with van der Waals surface area (Å²) in [6, 6.07) is 6.66. The molecule has 1 fully saturated rings. The molecule has 0 saturated heterocycles. The van der Waals surface area contributed by atoms with Gasteiger partial charge in [-0.1, -0.05) is 30.7 Å². The normalized spacial score (nSPS) is 28.4. The molecule has 0 N–H and O–H groups in total. The molecule has 0 spiro atoms. The summed E-state index contributed by atoms with van der Waals surface area (Å²) < 4.78 is 13.5. The lowest BCUT2D eigenvalue weighted by Gasteiger charge is -2.50. The molecule has 3 nitrogen and oxygen atoms in total. The average molecular weight is 359 g/mol. The minimum absolute atomic E-state index is 0.0407. The van der Waals surface area contributed by atoms with Crippen molar-refractivity contribution in [2.45, 2.75) is 44.9 Å². The van der Waals surface area contributed by atoms with Crippen LogP contribution in [0.3, 0.4) is 0 Å². The molecule has 4 rings (SSSR count). The second kappa shape index (κ2) is 5.87. The molecule has 3 atom stereocenters. The van der Waals surface area contributed by atoms with Crippen molar-refractivity contribution in [1.29, 1.82) is 0 Å². The number of halogens is 2. The van der Waals surface area contributed by atoms with E-state index in [-0.39, 0.29) is 17.7 Å². The van der Waals surface area contributed by atoms with Crippen LogP contribution in [0.25, 0.3) is 0 Å². The van der Waals surface area contributed by atoms with Crippen molar-refractivity contribution in [2.75, 3.05) is 0 Å². The zero-order chi connectivity index (χ0) is 17.8. The second-order valence-electron chi connectivity index (χ2n) is 7.27. The molecule has 1 saturated carbocycles. The largest absolute Gasteiger partial charge is 0.299 e. The van der Waals surface area contributed by atoms with Crippen LogP contribution in [0.1, 0.15) is 48.8 Å². The van der Waals surface area contributed by atoms with Crippen LogP contribution >= 0.6 is 11.6 Å². The number of hydrogen-bond acceptors (Lipinski definition) is 3. The quantitative estimate of drug-likeness (QED) is 0.708. The number of nitrogens with zero attached hydrogens (tertiary/aromatic N) is 2. The fraction of sp³-hybridized carbons (Fsp3) is 0.450. The van der Waals surface area contributed by atoms with Crippen molar-refractivity contribution < 1.29 is 9.18 Å². The summed E-state index contributed by atoms with van der Waals surface area (Å²) in [7, 11) is 0. The summed E-state index contributed by atoms with van der Waals surface area (Å²) in [6.07, 6.45) is 2.84. The molecule has 0 unspecified atom stereocenters. The third-order valence-corrected chi connectivity index (χ3v) is 6.38. The number of carbonyl (C=O) groups excluding carboxylic acids is 1. The van der Waals surface area contributed by atoms with E-state index in [1.165, 1.54) is 12.1 Å². The Bertz CT molecular complexity index is 852. The second-order valence-corrected chi connectivity index (χ2v) is 7.63. The Balaban J connectivity index is 2.01. The van der Waals surface area contributed by atoms with Gasteiger partial charge in [0.2, 0.25) is 0 Å². The number of rotatable bonds is 1. The highest BCUT2D eigenvalue weighted by Gasteiger charge is 2.53. The number of benzene rings is 1. The van der Waals surface area contributed by atoms with E-state index < -0.39 is 5.41 Å². The number of aromatic nitrogens is 2. The van der Waals surface area contributed by atoms with Gasteiger partial charge in [-0.2, -0.15) is 0 Å². The average Bonchev–Trinajstić information content (AvgIpc) is 2.58. The van der Waals surface area contributed by atoms with Crippen LogP contribution in [-0.2, 0) is 16.6 Å². The van der Waals surface area contributed by atoms with Gasteiger partial charge in [0, 0.05) is 23.3 Å². The zero-order valence-electron chi connectivity index (χ0n) is 14.4. The van der Waals surface area contributed by atoms with Gasteiger partial charge in [-0.25, -0.2) is 14.4 Å². The third-order valence-electron chi connectivity index (χ3n) is 6.07. The molecule has 25 heavy (non-hydrogen) atoms. The third kappa shape index (κ3) is 2.42. The molecular weight excluding hydrogens is 339 g/mol. The predicted octanol–water partition coefficient (Wildman–Crippen LogP) is 4.43. The lowest BCUT2D eigenvalue weighted by molar-refractivity contribution is -0.128. The van der Waals surface area contributed by atoms with Crippen LogP contribution in [-0.4, -0.2) is 15.8 Å². The van der Waals surface area contributed by atoms with Crippen molar-refractivity contribution in [3.05, 3.63) is 57.9 Å². The molecule has 1 aromatic carbocycles. The summed E-state index contributed by atoms with van der Waals surface area (Å²) in [6.45, 7) is 3.86. The first kappa shape index (κ1) is 16.6. The highest BCUT2D eigenvalue weighted by Crippen LogP contribution is 2.55. The van der Waals surface area contributed by atoms with Crippen LogP contribution in [0.5, 0.6) is 0 Å². The van der Waals surface area contributed by atoms with Crippen LogP contribution in [0.15, 0.2) is 24.3 Å². The Morgan fingerprint density at radius 1 is 1.20 bits per heavy atom. The maximum atomic E-state index is 13.5. The monoisotopic (exact) mass is 358 g/mol. The van der Waals surface area contributed by atoms with E-state index in [4.69, 9.17) is 16.6 Å². The highest BCUT2D eigenvalue weighted by molar-refractivity contribution is 6.30. The van der Waals surface area contributed by atoms with Gasteiger partial charge in [-0.15, -0.1) is 0 Å². The van der Waals surface area contributed by atoms with Crippen LogP contribution < -0.4 is 0 Å². The maximum absolute atomic E-state index is 13.5. The number of hydrogen-bond donors (Lipinski definition) is 0. The van der Waals surface area contributed by atoms with Crippen molar-refractivity contribution in [2.24, 2.45) is 11.8 Å². The molecule has 2 aliphatic rings. The first-order valence-corrected chi connectivity index (χ1v) is 9.13. The standard InChI is InChI=1S/C20H20ClFN2O/c1-11-16-8-7-15-18(23-12(2)24-19(15)21)20(16,10-9-17(11)25)13-3-5-14(22)6-4-13/h3-6,11,16H,7-10H2,1-2H3/t11-,16-,20+/m0/s1. The van der Waals surface area contributed by atoms with E-state index in [2.05, 4.69) is 4.98 Å². The first-order valence-electron chi connectivity index (χ1n) is 8.75. The van der Waals surface area contributed by atoms with E-state index in [1.54, 1.807) is 0 Å². The van der Waals surface area contributed by atoms with E-state index in [9.17, 15) is 9.18 Å². The molecule has 130 valence electrons. The predicted molar refractivity (Wildman–Crippen MR) is 94.2 cm³/mol. The summed E-state index contributed by atoms with van der Waals surface area (Å²) in [5, 5.41) is 0.506. The van der Waals surface area contributed by atoms with E-state index in [1.807, 2.05) is 26.0 Å². The Kier molecular flexibility index (Phi) is 3.91. The Morgan fingerprint density at radius 3 is 2.64 bits per heavy atom. The lowest BCUT2D eigenvalue weighted by Crippen LogP contribution is -2.50. The Morgan fingerprint density at radius 2 is 1.92 bits per heavy atom. The van der Waals surface area contributed by atoms with Gasteiger partial charge in [0.25, 0.3) is 0 Å². The number of carbonyl (C=O) groups is 1. The zero-order valence-corrected chi connectivity index (χ0v) is 15.1. The van der Waals surface area contributed by atoms with Crippen molar-refractivity contribution in [1.82, 2.24) is 9.97 Å². The highest BCUT2D eigenvalue weighted by atomic mass is 35.5. The number of Topliss-reactive ketones (excluding diaryl/α,β-unsaturated/α-hetero) is 1. The van der Waals surface area contributed by atoms with Crippen LogP contribution in [0.4, 0.5) is 4.39 Å².